The van der Waals surface area contributed by atoms with E-state index < -0.39 is 0 Å². The standard InChI is InChI=1S/C13H21BrN2O/c1-3-16(2)10-8-15-9-11-17-13-6-4-12(14)5-7-13/h4-7,15H,3,8-11H2,1-2H3. The van der Waals surface area contributed by atoms with E-state index in [2.05, 4.69) is 40.1 Å². The second kappa shape index (κ2) is 8.50. The van der Waals surface area contributed by atoms with Gasteiger partial charge in [-0.2, -0.15) is 0 Å². The lowest BCUT2D eigenvalue weighted by molar-refractivity contribution is 0.302. The van der Waals surface area contributed by atoms with Crippen LogP contribution in [0.5, 0.6) is 5.75 Å². The van der Waals surface area contributed by atoms with Gasteiger partial charge in [0.2, 0.25) is 0 Å². The highest BCUT2D eigenvalue weighted by molar-refractivity contribution is 9.10. The topological polar surface area (TPSA) is 24.5 Å². The summed E-state index contributed by atoms with van der Waals surface area (Å²) in [7, 11) is 2.13. The van der Waals surface area contributed by atoms with Crippen LogP contribution in [0.1, 0.15) is 6.92 Å². The van der Waals surface area contributed by atoms with Gasteiger partial charge in [0.05, 0.1) is 0 Å². The Bertz CT molecular complexity index is 303. The number of nitrogens with zero attached hydrogens (tertiary/aromatic N) is 1. The lowest BCUT2D eigenvalue weighted by atomic mass is 10.3. The number of halogens is 1. The van der Waals surface area contributed by atoms with Crippen LogP contribution >= 0.6 is 15.9 Å². The predicted molar refractivity (Wildman–Crippen MR) is 75.7 cm³/mol. The van der Waals surface area contributed by atoms with Crippen LogP contribution in [0.3, 0.4) is 0 Å². The lowest BCUT2D eigenvalue weighted by Gasteiger charge is -2.14. The molecule has 0 saturated carbocycles. The summed E-state index contributed by atoms with van der Waals surface area (Å²) in [4.78, 5) is 2.28. The van der Waals surface area contributed by atoms with E-state index in [1.165, 1.54) is 0 Å². The SMILES string of the molecule is CCN(C)CCNCCOc1ccc(Br)cc1. The Balaban J connectivity index is 2.02. The molecule has 0 aliphatic carbocycles. The van der Waals surface area contributed by atoms with Crippen molar-refractivity contribution in [3.63, 3.8) is 0 Å². The fourth-order valence-electron chi connectivity index (χ4n) is 1.32. The van der Waals surface area contributed by atoms with E-state index >= 15 is 0 Å². The summed E-state index contributed by atoms with van der Waals surface area (Å²) in [5, 5.41) is 3.36. The van der Waals surface area contributed by atoms with Gasteiger partial charge in [-0.15, -0.1) is 0 Å². The first-order valence-corrected chi connectivity index (χ1v) is 6.79. The van der Waals surface area contributed by atoms with Gasteiger partial charge in [-0.1, -0.05) is 22.9 Å². The number of rotatable bonds is 8. The Hall–Kier alpha value is -0.580. The molecule has 1 aromatic carbocycles. The van der Waals surface area contributed by atoms with Crippen LogP contribution < -0.4 is 10.1 Å². The summed E-state index contributed by atoms with van der Waals surface area (Å²) in [6, 6.07) is 7.90. The van der Waals surface area contributed by atoms with Crippen molar-refractivity contribution in [1.82, 2.24) is 10.2 Å². The van der Waals surface area contributed by atoms with E-state index in [1.807, 2.05) is 24.3 Å². The zero-order valence-electron chi connectivity index (χ0n) is 10.6. The van der Waals surface area contributed by atoms with E-state index in [9.17, 15) is 0 Å². The first kappa shape index (κ1) is 14.5. The maximum Gasteiger partial charge on any atom is 0.119 e. The van der Waals surface area contributed by atoms with Crippen molar-refractivity contribution in [1.29, 1.82) is 0 Å². The fraction of sp³-hybridized carbons (Fsp3) is 0.538. The van der Waals surface area contributed by atoms with Gasteiger partial charge in [0.1, 0.15) is 12.4 Å². The number of likely N-dealkylation sites (N-methyl/N-ethyl adjacent to an activating group) is 1. The Morgan fingerprint density at radius 2 is 1.94 bits per heavy atom. The van der Waals surface area contributed by atoms with Crippen molar-refractivity contribution >= 4 is 15.9 Å². The maximum absolute atomic E-state index is 5.60. The summed E-state index contributed by atoms with van der Waals surface area (Å²) in [5.41, 5.74) is 0. The van der Waals surface area contributed by atoms with Crippen LogP contribution in [-0.2, 0) is 0 Å². The number of hydrogen-bond donors (Lipinski definition) is 1. The molecule has 1 rings (SSSR count). The molecule has 0 saturated heterocycles. The molecule has 0 radical (unpaired) electrons. The summed E-state index contributed by atoms with van der Waals surface area (Å²) in [6.07, 6.45) is 0. The molecule has 1 N–H and O–H groups in total. The molecule has 17 heavy (non-hydrogen) atoms. The zero-order chi connectivity index (χ0) is 12.5. The maximum atomic E-state index is 5.60. The van der Waals surface area contributed by atoms with Gasteiger partial charge in [-0.3, -0.25) is 0 Å². The molecule has 4 heteroatoms. The molecule has 0 spiro atoms. The minimum absolute atomic E-state index is 0.706. The number of hydrogen-bond acceptors (Lipinski definition) is 3. The smallest absolute Gasteiger partial charge is 0.119 e. The van der Waals surface area contributed by atoms with Crippen LogP contribution in [-0.4, -0.2) is 44.7 Å². The molecule has 0 heterocycles. The van der Waals surface area contributed by atoms with Gasteiger partial charge in [-0.05, 0) is 37.9 Å². The van der Waals surface area contributed by atoms with Gasteiger partial charge in [0.15, 0.2) is 0 Å². The van der Waals surface area contributed by atoms with Crippen molar-refractivity contribution in [3.05, 3.63) is 28.7 Å². The van der Waals surface area contributed by atoms with Crippen LogP contribution in [0.2, 0.25) is 0 Å². The molecule has 0 aliphatic heterocycles. The molecule has 0 amide bonds. The molecule has 0 aromatic heterocycles. The van der Waals surface area contributed by atoms with Crippen molar-refractivity contribution in [2.24, 2.45) is 0 Å². The molecule has 0 fully saturated rings. The molecule has 0 atom stereocenters. The van der Waals surface area contributed by atoms with Gasteiger partial charge in [-0.25, -0.2) is 0 Å². The second-order valence-corrected chi connectivity index (χ2v) is 4.86. The largest absolute Gasteiger partial charge is 0.492 e. The molecule has 0 unspecified atom stereocenters. The van der Waals surface area contributed by atoms with E-state index in [1.54, 1.807) is 0 Å². The molecule has 1 aromatic rings. The van der Waals surface area contributed by atoms with Crippen LogP contribution in [0.25, 0.3) is 0 Å². The van der Waals surface area contributed by atoms with Gasteiger partial charge in [0, 0.05) is 24.1 Å². The molecule has 96 valence electrons. The second-order valence-electron chi connectivity index (χ2n) is 3.95. The van der Waals surface area contributed by atoms with Crippen molar-refractivity contribution < 1.29 is 4.74 Å². The summed E-state index contributed by atoms with van der Waals surface area (Å²) in [5.74, 6) is 0.917. The van der Waals surface area contributed by atoms with Crippen LogP contribution in [0.15, 0.2) is 28.7 Å². The van der Waals surface area contributed by atoms with Crippen LogP contribution in [0.4, 0.5) is 0 Å². The highest BCUT2D eigenvalue weighted by Gasteiger charge is 1.95. The van der Waals surface area contributed by atoms with Crippen molar-refractivity contribution in [3.8, 4) is 5.75 Å². The summed E-state index contributed by atoms with van der Waals surface area (Å²) >= 11 is 3.40. The van der Waals surface area contributed by atoms with Gasteiger partial charge >= 0.3 is 0 Å². The van der Waals surface area contributed by atoms with Crippen molar-refractivity contribution in [2.75, 3.05) is 39.8 Å². The molecule has 0 aliphatic rings. The molecule has 0 bridgehead atoms. The Labute approximate surface area is 112 Å². The first-order valence-electron chi connectivity index (χ1n) is 6.00. The third kappa shape index (κ3) is 6.66. The quantitative estimate of drug-likeness (QED) is 0.746. The lowest BCUT2D eigenvalue weighted by Crippen LogP contribution is -2.31. The van der Waals surface area contributed by atoms with E-state index in [4.69, 9.17) is 4.74 Å². The minimum atomic E-state index is 0.706. The van der Waals surface area contributed by atoms with Gasteiger partial charge < -0.3 is 15.0 Å². The Morgan fingerprint density at radius 3 is 2.59 bits per heavy atom. The average molecular weight is 301 g/mol. The van der Waals surface area contributed by atoms with Gasteiger partial charge in [0.25, 0.3) is 0 Å². The van der Waals surface area contributed by atoms with Crippen molar-refractivity contribution in [2.45, 2.75) is 6.92 Å². The van der Waals surface area contributed by atoms with E-state index in [0.717, 1.165) is 36.4 Å². The Morgan fingerprint density at radius 1 is 1.24 bits per heavy atom. The normalized spacial score (nSPS) is 10.8. The van der Waals surface area contributed by atoms with E-state index in [-0.39, 0.29) is 0 Å². The van der Waals surface area contributed by atoms with E-state index in [0.29, 0.717) is 6.61 Å². The molecular weight excluding hydrogens is 280 g/mol. The summed E-state index contributed by atoms with van der Waals surface area (Å²) < 4.78 is 6.67. The highest BCUT2D eigenvalue weighted by Crippen LogP contribution is 2.15. The average Bonchev–Trinajstić information content (AvgIpc) is 2.35. The Kier molecular flexibility index (Phi) is 7.24. The third-order valence-corrected chi connectivity index (χ3v) is 3.10. The molecule has 3 nitrogen and oxygen atoms in total. The van der Waals surface area contributed by atoms with Crippen LogP contribution in [0, 0.1) is 0 Å². The number of ether oxygens (including phenoxy) is 1. The predicted octanol–water partition coefficient (Wildman–Crippen LogP) is 2.37. The highest BCUT2D eigenvalue weighted by atomic mass is 79.9. The monoisotopic (exact) mass is 300 g/mol. The zero-order valence-corrected chi connectivity index (χ0v) is 12.2. The third-order valence-electron chi connectivity index (χ3n) is 2.57. The minimum Gasteiger partial charge on any atom is -0.492 e. The summed E-state index contributed by atoms with van der Waals surface area (Å²) in [6.45, 7) is 6.93. The molecular formula is C13H21BrN2O. The number of nitrogens with one attached hydrogen (secondary N) is 1. The first-order chi connectivity index (χ1) is 8.22. The fourth-order valence-corrected chi connectivity index (χ4v) is 1.59. The number of benzene rings is 1.